The number of pyridine rings is 1. The molecule has 0 spiro atoms. The molecule has 0 aromatic carbocycles. The van der Waals surface area contributed by atoms with Gasteiger partial charge in [-0.2, -0.15) is 0 Å². The average Bonchev–Trinajstić information content (AvgIpc) is 2.51. The van der Waals surface area contributed by atoms with Gasteiger partial charge in [-0.15, -0.1) is 0 Å². The Kier molecular flexibility index (Phi) is 5.82. The van der Waals surface area contributed by atoms with Crippen molar-refractivity contribution < 1.29 is 9.53 Å². The Bertz CT molecular complexity index is 496. The van der Waals surface area contributed by atoms with Gasteiger partial charge < -0.3 is 15.0 Å². The lowest BCUT2D eigenvalue weighted by Gasteiger charge is -2.32. The normalized spacial score (nSPS) is 18.6. The number of likely N-dealkylation sites (tertiary alicyclic amines) is 1. The fourth-order valence-electron chi connectivity index (χ4n) is 2.46. The maximum Gasteiger partial charge on any atom is 0.254 e. The lowest BCUT2D eigenvalue weighted by molar-refractivity contribution is 0.0269. The number of methoxy groups -OCH3 is 1. The monoisotopic (exact) mass is 311 g/mol. The van der Waals surface area contributed by atoms with Crippen LogP contribution in [-0.4, -0.2) is 48.6 Å². The van der Waals surface area contributed by atoms with Crippen molar-refractivity contribution in [3.63, 3.8) is 0 Å². The Morgan fingerprint density at radius 3 is 3.10 bits per heavy atom. The summed E-state index contributed by atoms with van der Waals surface area (Å²) in [6.07, 6.45) is 3.07. The van der Waals surface area contributed by atoms with Gasteiger partial charge in [0.2, 0.25) is 0 Å². The van der Waals surface area contributed by atoms with Gasteiger partial charge in [0.15, 0.2) is 0 Å². The first-order chi connectivity index (χ1) is 10.1. The van der Waals surface area contributed by atoms with Gasteiger partial charge in [-0.1, -0.05) is 18.5 Å². The van der Waals surface area contributed by atoms with Crippen molar-refractivity contribution in [2.45, 2.75) is 32.3 Å². The second-order valence-electron chi connectivity index (χ2n) is 5.24. The van der Waals surface area contributed by atoms with E-state index in [1.54, 1.807) is 19.2 Å². The van der Waals surface area contributed by atoms with Crippen molar-refractivity contribution in [3.8, 4) is 0 Å². The predicted octanol–water partition coefficient (Wildman–Crippen LogP) is 2.81. The Balaban J connectivity index is 2.12. The predicted molar refractivity (Wildman–Crippen MR) is 84.0 cm³/mol. The van der Waals surface area contributed by atoms with Gasteiger partial charge in [0.1, 0.15) is 11.0 Å². The zero-order chi connectivity index (χ0) is 15.2. The van der Waals surface area contributed by atoms with Crippen LogP contribution in [0.3, 0.4) is 0 Å². The molecular formula is C15H22ClN3O2. The van der Waals surface area contributed by atoms with E-state index in [9.17, 15) is 4.79 Å². The highest BCUT2D eigenvalue weighted by molar-refractivity contribution is 6.29. The van der Waals surface area contributed by atoms with Gasteiger partial charge in [-0.3, -0.25) is 4.79 Å². The summed E-state index contributed by atoms with van der Waals surface area (Å²) >= 11 is 6.02. The molecule has 1 amide bonds. The van der Waals surface area contributed by atoms with Crippen LogP contribution >= 0.6 is 11.6 Å². The minimum absolute atomic E-state index is 0.0133. The zero-order valence-electron chi connectivity index (χ0n) is 12.6. The molecule has 1 aromatic heterocycles. The van der Waals surface area contributed by atoms with Crippen molar-refractivity contribution in [3.05, 3.63) is 22.8 Å². The molecule has 2 rings (SSSR count). The summed E-state index contributed by atoms with van der Waals surface area (Å²) in [5.41, 5.74) is 0.574. The van der Waals surface area contributed by atoms with Gasteiger partial charge >= 0.3 is 0 Å². The van der Waals surface area contributed by atoms with Crippen molar-refractivity contribution in [2.24, 2.45) is 0 Å². The quantitative estimate of drug-likeness (QED) is 0.850. The first kappa shape index (κ1) is 16.0. The summed E-state index contributed by atoms with van der Waals surface area (Å²) in [5.74, 6) is 0.633. The molecule has 1 aliphatic rings. The fourth-order valence-corrected chi connectivity index (χ4v) is 2.67. The standard InChI is InChI=1S/C15H22ClN3O2/c1-3-6-17-14-9-11(8-13(16)18-14)15(20)19-7-4-5-12(10-19)21-2/h8-9,12H,3-7,10H2,1-2H3,(H,17,18). The van der Waals surface area contributed by atoms with Crippen LogP contribution in [0.2, 0.25) is 5.15 Å². The number of aromatic nitrogens is 1. The smallest absolute Gasteiger partial charge is 0.254 e. The van der Waals surface area contributed by atoms with E-state index in [1.165, 1.54) is 0 Å². The summed E-state index contributed by atoms with van der Waals surface area (Å²) in [6.45, 7) is 4.27. The van der Waals surface area contributed by atoms with Crippen molar-refractivity contribution in [2.75, 3.05) is 32.1 Å². The second kappa shape index (κ2) is 7.61. The van der Waals surface area contributed by atoms with Crippen LogP contribution in [0.4, 0.5) is 5.82 Å². The maximum atomic E-state index is 12.6. The number of hydrogen-bond acceptors (Lipinski definition) is 4. The van der Waals surface area contributed by atoms with Crippen molar-refractivity contribution in [1.82, 2.24) is 9.88 Å². The third-order valence-electron chi connectivity index (χ3n) is 3.60. The Labute approximate surface area is 130 Å². The summed E-state index contributed by atoms with van der Waals surface area (Å²) in [4.78, 5) is 18.6. The maximum absolute atomic E-state index is 12.6. The molecule has 1 fully saturated rings. The highest BCUT2D eigenvalue weighted by Gasteiger charge is 2.24. The molecule has 6 heteroatoms. The van der Waals surface area contributed by atoms with Crippen molar-refractivity contribution in [1.29, 1.82) is 0 Å². The molecule has 1 aromatic rings. The number of rotatable bonds is 5. The molecule has 0 radical (unpaired) electrons. The number of piperidine rings is 1. The number of amides is 1. The van der Waals surface area contributed by atoms with Gasteiger partial charge in [0, 0.05) is 32.3 Å². The minimum atomic E-state index is -0.0133. The molecule has 21 heavy (non-hydrogen) atoms. The molecule has 1 unspecified atom stereocenters. The number of carbonyl (C=O) groups is 1. The first-order valence-electron chi connectivity index (χ1n) is 7.37. The van der Waals surface area contributed by atoms with Crippen LogP contribution in [0.15, 0.2) is 12.1 Å². The molecule has 1 aliphatic heterocycles. The Morgan fingerprint density at radius 1 is 1.57 bits per heavy atom. The lowest BCUT2D eigenvalue weighted by atomic mass is 10.1. The number of ether oxygens (including phenoxy) is 1. The number of nitrogens with zero attached hydrogens (tertiary/aromatic N) is 2. The topological polar surface area (TPSA) is 54.5 Å². The van der Waals surface area contributed by atoms with Crippen LogP contribution in [-0.2, 0) is 4.74 Å². The minimum Gasteiger partial charge on any atom is -0.380 e. The Hall–Kier alpha value is -1.33. The molecule has 0 saturated carbocycles. The van der Waals surface area contributed by atoms with E-state index in [-0.39, 0.29) is 12.0 Å². The number of hydrogen-bond donors (Lipinski definition) is 1. The highest BCUT2D eigenvalue weighted by atomic mass is 35.5. The largest absolute Gasteiger partial charge is 0.380 e. The average molecular weight is 312 g/mol. The second-order valence-corrected chi connectivity index (χ2v) is 5.63. The molecule has 116 valence electrons. The van der Waals surface area contributed by atoms with Crippen LogP contribution in [0, 0.1) is 0 Å². The molecular weight excluding hydrogens is 290 g/mol. The third kappa shape index (κ3) is 4.32. The Morgan fingerprint density at radius 2 is 2.38 bits per heavy atom. The van der Waals surface area contributed by atoms with E-state index in [4.69, 9.17) is 16.3 Å². The first-order valence-corrected chi connectivity index (χ1v) is 7.75. The third-order valence-corrected chi connectivity index (χ3v) is 3.79. The van der Waals surface area contributed by atoms with E-state index in [0.717, 1.165) is 32.4 Å². The summed E-state index contributed by atoms with van der Waals surface area (Å²) < 4.78 is 5.36. The zero-order valence-corrected chi connectivity index (χ0v) is 13.3. The van der Waals surface area contributed by atoms with Crippen LogP contribution < -0.4 is 5.32 Å². The van der Waals surface area contributed by atoms with Crippen LogP contribution in [0.1, 0.15) is 36.5 Å². The van der Waals surface area contributed by atoms with E-state index >= 15 is 0 Å². The number of carbonyl (C=O) groups excluding carboxylic acids is 1. The van der Waals surface area contributed by atoms with Crippen LogP contribution in [0.25, 0.3) is 0 Å². The fraction of sp³-hybridized carbons (Fsp3) is 0.600. The lowest BCUT2D eigenvalue weighted by Crippen LogP contribution is -2.42. The number of anilines is 1. The van der Waals surface area contributed by atoms with Gasteiger partial charge in [0.25, 0.3) is 5.91 Å². The van der Waals surface area contributed by atoms with Crippen molar-refractivity contribution >= 4 is 23.3 Å². The molecule has 0 aliphatic carbocycles. The SMILES string of the molecule is CCCNc1cc(C(=O)N2CCCC(OC)C2)cc(Cl)n1. The van der Waals surface area contributed by atoms with Gasteiger partial charge in [-0.25, -0.2) is 4.98 Å². The molecule has 5 nitrogen and oxygen atoms in total. The van der Waals surface area contributed by atoms with Crippen LogP contribution in [0.5, 0.6) is 0 Å². The van der Waals surface area contributed by atoms with E-state index < -0.39 is 0 Å². The summed E-state index contributed by atoms with van der Waals surface area (Å²) in [6, 6.07) is 3.39. The van der Waals surface area contributed by atoms with E-state index in [1.807, 2.05) is 4.90 Å². The molecule has 0 bridgehead atoms. The molecule has 2 heterocycles. The number of halogens is 1. The summed E-state index contributed by atoms with van der Waals surface area (Å²) in [7, 11) is 1.69. The molecule has 1 atom stereocenters. The highest BCUT2D eigenvalue weighted by Crippen LogP contribution is 2.19. The van der Waals surface area contributed by atoms with E-state index in [0.29, 0.717) is 23.1 Å². The molecule has 1 N–H and O–H groups in total. The molecule has 1 saturated heterocycles. The van der Waals surface area contributed by atoms with Gasteiger partial charge in [-0.05, 0) is 31.4 Å². The van der Waals surface area contributed by atoms with E-state index in [2.05, 4.69) is 17.2 Å². The summed E-state index contributed by atoms with van der Waals surface area (Å²) in [5, 5.41) is 3.50. The number of nitrogens with one attached hydrogen (secondary N) is 1. The van der Waals surface area contributed by atoms with Gasteiger partial charge in [0.05, 0.1) is 6.10 Å².